The van der Waals surface area contributed by atoms with E-state index in [9.17, 15) is 9.59 Å². The second-order valence-corrected chi connectivity index (χ2v) is 8.03. The molecule has 0 unspecified atom stereocenters. The van der Waals surface area contributed by atoms with Crippen LogP contribution in [0.25, 0.3) is 21.9 Å². The molecule has 0 aliphatic rings. The van der Waals surface area contributed by atoms with Gasteiger partial charge in [0.05, 0.1) is 7.11 Å². The number of benzene rings is 2. The third-order valence-corrected chi connectivity index (χ3v) is 6.34. The SMILES string of the molecule is CCc1c(C)c2ccc(OCC(=O)c3c(C)n(C)c4ccc(OC)cc34)c(C)c2oc1=O. The van der Waals surface area contributed by atoms with Crippen LogP contribution in [0.5, 0.6) is 11.5 Å². The summed E-state index contributed by atoms with van der Waals surface area (Å²) in [5.74, 6) is 1.09. The number of ether oxygens (including phenoxy) is 2. The first-order valence-corrected chi connectivity index (χ1v) is 10.6. The van der Waals surface area contributed by atoms with Crippen LogP contribution in [0.15, 0.2) is 39.5 Å². The third-order valence-electron chi connectivity index (χ3n) is 6.34. The fourth-order valence-electron chi connectivity index (χ4n) is 4.38. The molecule has 2 aromatic carbocycles. The molecule has 2 aromatic heterocycles. The fourth-order valence-corrected chi connectivity index (χ4v) is 4.38. The molecule has 0 amide bonds. The molecule has 166 valence electrons. The minimum absolute atomic E-state index is 0.125. The van der Waals surface area contributed by atoms with Crippen LogP contribution in [0.2, 0.25) is 0 Å². The lowest BCUT2D eigenvalue weighted by molar-refractivity contribution is 0.0922. The number of aromatic nitrogens is 1. The normalized spacial score (nSPS) is 11.3. The molecule has 0 atom stereocenters. The number of rotatable bonds is 6. The van der Waals surface area contributed by atoms with Gasteiger partial charge in [0.25, 0.3) is 0 Å². The number of ketones is 1. The summed E-state index contributed by atoms with van der Waals surface area (Å²) in [6.45, 7) is 7.50. The molecular formula is C26H27NO5. The van der Waals surface area contributed by atoms with E-state index in [-0.39, 0.29) is 18.0 Å². The van der Waals surface area contributed by atoms with Crippen molar-refractivity contribution in [2.75, 3.05) is 13.7 Å². The van der Waals surface area contributed by atoms with E-state index in [4.69, 9.17) is 13.9 Å². The number of carbonyl (C=O) groups excluding carboxylic acids is 1. The summed E-state index contributed by atoms with van der Waals surface area (Å²) in [6.07, 6.45) is 0.616. The van der Waals surface area contributed by atoms with Crippen molar-refractivity contribution in [1.82, 2.24) is 4.57 Å². The average molecular weight is 434 g/mol. The van der Waals surface area contributed by atoms with Gasteiger partial charge in [0.15, 0.2) is 6.61 Å². The Labute approximate surface area is 186 Å². The Morgan fingerprint density at radius 3 is 2.50 bits per heavy atom. The van der Waals surface area contributed by atoms with Crippen molar-refractivity contribution < 1.29 is 18.7 Å². The number of methoxy groups -OCH3 is 1. The first kappa shape index (κ1) is 21.7. The van der Waals surface area contributed by atoms with Crippen LogP contribution in [0.4, 0.5) is 0 Å². The highest BCUT2D eigenvalue weighted by molar-refractivity contribution is 6.10. The van der Waals surface area contributed by atoms with Crippen molar-refractivity contribution >= 4 is 27.7 Å². The van der Waals surface area contributed by atoms with Crippen LogP contribution in [0.3, 0.4) is 0 Å². The van der Waals surface area contributed by atoms with Gasteiger partial charge in [-0.2, -0.15) is 0 Å². The number of Topliss-reactive ketones (excluding diaryl/α,β-unsaturated/α-hetero) is 1. The molecule has 32 heavy (non-hydrogen) atoms. The molecule has 0 aliphatic heterocycles. The maximum Gasteiger partial charge on any atom is 0.339 e. The van der Waals surface area contributed by atoms with Gasteiger partial charge in [-0.15, -0.1) is 0 Å². The molecule has 0 bridgehead atoms. The lowest BCUT2D eigenvalue weighted by Crippen LogP contribution is -2.14. The highest BCUT2D eigenvalue weighted by Gasteiger charge is 2.21. The van der Waals surface area contributed by atoms with E-state index in [0.29, 0.717) is 40.2 Å². The molecule has 0 saturated carbocycles. The minimum Gasteiger partial charge on any atom is -0.497 e. The third kappa shape index (κ3) is 3.36. The standard InChI is InChI=1S/C26H27NO5/c1-7-18-14(2)19-9-11-23(15(3)25(19)32-26(18)29)31-13-22(28)24-16(4)27(5)21-10-8-17(30-6)12-20(21)24/h8-12H,7,13H2,1-6H3. The predicted molar refractivity (Wildman–Crippen MR) is 125 cm³/mol. The molecule has 0 radical (unpaired) electrons. The lowest BCUT2D eigenvalue weighted by atomic mass is 10.0. The average Bonchev–Trinajstić information content (AvgIpc) is 3.03. The summed E-state index contributed by atoms with van der Waals surface area (Å²) in [4.78, 5) is 25.5. The predicted octanol–water partition coefficient (Wildman–Crippen LogP) is 5.04. The highest BCUT2D eigenvalue weighted by Crippen LogP contribution is 2.31. The topological polar surface area (TPSA) is 70.7 Å². The van der Waals surface area contributed by atoms with E-state index < -0.39 is 0 Å². The van der Waals surface area contributed by atoms with Crippen molar-refractivity contribution in [3.8, 4) is 11.5 Å². The molecule has 4 rings (SSSR count). The zero-order chi connectivity index (χ0) is 23.2. The largest absolute Gasteiger partial charge is 0.497 e. The van der Waals surface area contributed by atoms with Crippen molar-refractivity contribution in [3.05, 3.63) is 68.7 Å². The van der Waals surface area contributed by atoms with E-state index in [0.717, 1.165) is 27.5 Å². The number of hydrogen-bond donors (Lipinski definition) is 0. The minimum atomic E-state index is -0.325. The summed E-state index contributed by atoms with van der Waals surface area (Å²) < 4.78 is 18.8. The molecule has 2 heterocycles. The summed E-state index contributed by atoms with van der Waals surface area (Å²) in [5.41, 5.74) is 4.93. The lowest BCUT2D eigenvalue weighted by Gasteiger charge is -2.13. The maximum absolute atomic E-state index is 13.2. The van der Waals surface area contributed by atoms with Crippen LogP contribution in [0, 0.1) is 20.8 Å². The first-order chi connectivity index (χ1) is 15.3. The Morgan fingerprint density at radius 2 is 1.81 bits per heavy atom. The van der Waals surface area contributed by atoms with E-state index in [1.165, 1.54) is 0 Å². The molecule has 0 fully saturated rings. The highest BCUT2D eigenvalue weighted by atomic mass is 16.5. The summed E-state index contributed by atoms with van der Waals surface area (Å²) >= 11 is 0. The Morgan fingerprint density at radius 1 is 1.06 bits per heavy atom. The van der Waals surface area contributed by atoms with Crippen LogP contribution in [-0.4, -0.2) is 24.1 Å². The number of carbonyl (C=O) groups is 1. The summed E-state index contributed by atoms with van der Waals surface area (Å²) in [6, 6.07) is 9.41. The summed E-state index contributed by atoms with van der Waals surface area (Å²) in [7, 11) is 3.54. The number of nitrogens with zero attached hydrogens (tertiary/aromatic N) is 1. The van der Waals surface area contributed by atoms with Crippen molar-refractivity contribution in [3.63, 3.8) is 0 Å². The van der Waals surface area contributed by atoms with Crippen molar-refractivity contribution in [2.24, 2.45) is 7.05 Å². The zero-order valence-corrected chi connectivity index (χ0v) is 19.3. The van der Waals surface area contributed by atoms with Crippen LogP contribution >= 0.6 is 0 Å². The van der Waals surface area contributed by atoms with Gasteiger partial charge >= 0.3 is 5.63 Å². The smallest absolute Gasteiger partial charge is 0.339 e. The number of fused-ring (bicyclic) bond motifs is 2. The Hall–Kier alpha value is -3.54. The maximum atomic E-state index is 13.2. The Kier molecular flexibility index (Phi) is 5.55. The molecule has 0 saturated heterocycles. The van der Waals surface area contributed by atoms with Crippen LogP contribution in [-0.2, 0) is 13.5 Å². The van der Waals surface area contributed by atoms with E-state index >= 15 is 0 Å². The monoisotopic (exact) mass is 433 g/mol. The number of hydrogen-bond acceptors (Lipinski definition) is 5. The van der Waals surface area contributed by atoms with Crippen molar-refractivity contribution in [1.29, 1.82) is 0 Å². The molecule has 0 aliphatic carbocycles. The molecule has 6 nitrogen and oxygen atoms in total. The van der Waals surface area contributed by atoms with E-state index in [2.05, 4.69) is 0 Å². The fraction of sp³-hybridized carbons (Fsp3) is 0.308. The van der Waals surface area contributed by atoms with Gasteiger partial charge in [-0.25, -0.2) is 4.79 Å². The van der Waals surface area contributed by atoms with Gasteiger partial charge in [0.2, 0.25) is 5.78 Å². The van der Waals surface area contributed by atoms with Crippen LogP contribution < -0.4 is 15.1 Å². The van der Waals surface area contributed by atoms with Gasteiger partial charge in [-0.1, -0.05) is 6.92 Å². The molecule has 4 aromatic rings. The van der Waals surface area contributed by atoms with E-state index in [1.807, 2.05) is 69.6 Å². The van der Waals surface area contributed by atoms with Crippen LogP contribution in [0.1, 0.15) is 39.7 Å². The van der Waals surface area contributed by atoms with Gasteiger partial charge in [-0.3, -0.25) is 4.79 Å². The first-order valence-electron chi connectivity index (χ1n) is 10.6. The number of aryl methyl sites for hydroxylation is 3. The molecular weight excluding hydrogens is 406 g/mol. The molecule has 0 N–H and O–H groups in total. The van der Waals surface area contributed by atoms with Gasteiger partial charge < -0.3 is 18.5 Å². The van der Waals surface area contributed by atoms with Gasteiger partial charge in [-0.05, 0) is 63.1 Å². The van der Waals surface area contributed by atoms with Gasteiger partial charge in [0.1, 0.15) is 17.1 Å². The quantitative estimate of drug-likeness (QED) is 0.315. The summed E-state index contributed by atoms with van der Waals surface area (Å²) in [5, 5.41) is 1.72. The van der Waals surface area contributed by atoms with Gasteiger partial charge in [0, 0.05) is 45.7 Å². The second-order valence-electron chi connectivity index (χ2n) is 8.03. The molecule has 0 spiro atoms. The Bertz CT molecular complexity index is 1420. The Balaban J connectivity index is 1.69. The zero-order valence-electron chi connectivity index (χ0n) is 19.3. The molecule has 6 heteroatoms. The van der Waals surface area contributed by atoms with Crippen molar-refractivity contribution in [2.45, 2.75) is 34.1 Å². The van der Waals surface area contributed by atoms with E-state index in [1.54, 1.807) is 7.11 Å². The second kappa shape index (κ2) is 8.19.